The van der Waals surface area contributed by atoms with Crippen molar-refractivity contribution in [3.63, 3.8) is 0 Å². The van der Waals surface area contributed by atoms with Gasteiger partial charge in [0.15, 0.2) is 0 Å². The highest BCUT2D eigenvalue weighted by atomic mass is 35.5. The van der Waals surface area contributed by atoms with Crippen LogP contribution in [0, 0.1) is 6.92 Å². The van der Waals surface area contributed by atoms with Crippen LogP contribution in [0.2, 0.25) is 20.1 Å². The molecule has 0 saturated heterocycles. The van der Waals surface area contributed by atoms with Crippen LogP contribution in [0.3, 0.4) is 0 Å². The molecule has 2 rings (SSSR count). The molecule has 0 aromatic heterocycles. The highest BCUT2D eigenvalue weighted by Gasteiger charge is 2.18. The molecule has 0 bridgehead atoms. The molecule has 0 radical (unpaired) electrons. The van der Waals surface area contributed by atoms with Crippen LogP contribution in [0.1, 0.15) is 15.9 Å². The van der Waals surface area contributed by atoms with E-state index in [1.165, 1.54) is 18.2 Å². The topological polar surface area (TPSA) is 37.3 Å². The molecule has 0 unspecified atom stereocenters. The van der Waals surface area contributed by atoms with E-state index in [0.29, 0.717) is 16.1 Å². The van der Waals surface area contributed by atoms with Crippen LogP contribution < -0.4 is 0 Å². The van der Waals surface area contributed by atoms with Crippen LogP contribution in [-0.2, 0) is 0 Å². The van der Waals surface area contributed by atoms with E-state index < -0.39 is 5.97 Å². The third-order valence-corrected chi connectivity index (χ3v) is 4.43. The average Bonchev–Trinajstić information content (AvgIpc) is 2.38. The standard InChI is InChI=1S/C14H8Cl4O2/c1-6-2-3-7(14(19)20)4-8(6)11-9(15)5-10(16)12(17)13(11)18/h2-5H,1H3,(H,19,20). The summed E-state index contributed by atoms with van der Waals surface area (Å²) in [7, 11) is 0. The first-order chi connectivity index (χ1) is 9.32. The highest BCUT2D eigenvalue weighted by molar-refractivity contribution is 6.51. The first-order valence-corrected chi connectivity index (χ1v) is 7.01. The predicted octanol–water partition coefficient (Wildman–Crippen LogP) is 5.97. The summed E-state index contributed by atoms with van der Waals surface area (Å²) in [4.78, 5) is 11.1. The minimum atomic E-state index is -1.03. The minimum absolute atomic E-state index is 0.142. The largest absolute Gasteiger partial charge is 0.478 e. The van der Waals surface area contributed by atoms with Gasteiger partial charge in [0.1, 0.15) is 0 Å². The second-order valence-corrected chi connectivity index (χ2v) is 5.75. The second kappa shape index (κ2) is 5.82. The molecule has 0 aliphatic rings. The summed E-state index contributed by atoms with van der Waals surface area (Å²) in [5.74, 6) is -1.03. The lowest BCUT2D eigenvalue weighted by Crippen LogP contribution is -1.98. The lowest BCUT2D eigenvalue weighted by Gasteiger charge is -2.13. The zero-order chi connectivity index (χ0) is 15.0. The second-order valence-electron chi connectivity index (χ2n) is 4.18. The molecular weight excluding hydrogens is 342 g/mol. The van der Waals surface area contributed by atoms with Gasteiger partial charge < -0.3 is 5.11 Å². The van der Waals surface area contributed by atoms with E-state index in [9.17, 15) is 4.79 Å². The molecule has 0 aliphatic heterocycles. The van der Waals surface area contributed by atoms with Gasteiger partial charge in [0.2, 0.25) is 0 Å². The number of aryl methyl sites for hydroxylation is 1. The van der Waals surface area contributed by atoms with Gasteiger partial charge in [-0.2, -0.15) is 0 Å². The molecule has 1 N–H and O–H groups in total. The summed E-state index contributed by atoms with van der Waals surface area (Å²) in [5.41, 5.74) is 2.06. The number of carbonyl (C=O) groups is 1. The quantitative estimate of drug-likeness (QED) is 0.535. The number of carboxylic acids is 1. The zero-order valence-electron chi connectivity index (χ0n) is 10.2. The molecule has 0 saturated carbocycles. The van der Waals surface area contributed by atoms with Gasteiger partial charge >= 0.3 is 5.97 Å². The molecule has 0 atom stereocenters. The normalized spacial score (nSPS) is 10.7. The zero-order valence-corrected chi connectivity index (χ0v) is 13.2. The smallest absolute Gasteiger partial charge is 0.335 e. The third kappa shape index (κ3) is 2.75. The molecule has 20 heavy (non-hydrogen) atoms. The van der Waals surface area contributed by atoms with Crippen LogP contribution in [0.4, 0.5) is 0 Å². The molecule has 0 spiro atoms. The Labute approximate surface area is 135 Å². The van der Waals surface area contributed by atoms with Gasteiger partial charge in [-0.05, 0) is 36.2 Å². The summed E-state index contributed by atoms with van der Waals surface area (Å²) in [5, 5.41) is 10.0. The molecule has 2 nitrogen and oxygen atoms in total. The number of hydrogen-bond acceptors (Lipinski definition) is 1. The average molecular weight is 350 g/mol. The fourth-order valence-electron chi connectivity index (χ4n) is 1.84. The molecule has 0 aliphatic carbocycles. The van der Waals surface area contributed by atoms with Crippen LogP contribution in [0.5, 0.6) is 0 Å². The predicted molar refractivity (Wildman–Crippen MR) is 83.6 cm³/mol. The first-order valence-electron chi connectivity index (χ1n) is 5.50. The van der Waals surface area contributed by atoms with Crippen LogP contribution in [0.25, 0.3) is 11.1 Å². The molecule has 6 heteroatoms. The molecular formula is C14H8Cl4O2. The van der Waals surface area contributed by atoms with Gasteiger partial charge in [0, 0.05) is 5.56 Å². The Hall–Kier alpha value is -0.930. The molecule has 0 fully saturated rings. The van der Waals surface area contributed by atoms with Crippen LogP contribution >= 0.6 is 46.4 Å². The Morgan fingerprint density at radius 2 is 1.65 bits per heavy atom. The lowest BCUT2D eigenvalue weighted by atomic mass is 9.98. The van der Waals surface area contributed by atoms with Crippen molar-refractivity contribution < 1.29 is 9.90 Å². The fourth-order valence-corrected chi connectivity index (χ4v) is 2.95. The van der Waals surface area contributed by atoms with Gasteiger partial charge in [-0.25, -0.2) is 4.79 Å². The Morgan fingerprint density at radius 3 is 2.25 bits per heavy atom. The maximum atomic E-state index is 11.1. The van der Waals surface area contributed by atoms with Crippen molar-refractivity contribution in [2.24, 2.45) is 0 Å². The summed E-state index contributed by atoms with van der Waals surface area (Å²) in [6, 6.07) is 6.20. The Bertz CT molecular complexity index is 711. The van der Waals surface area contributed by atoms with E-state index in [0.717, 1.165) is 5.56 Å². The number of rotatable bonds is 2. The van der Waals surface area contributed by atoms with E-state index in [1.54, 1.807) is 6.07 Å². The minimum Gasteiger partial charge on any atom is -0.478 e. The number of halogens is 4. The first kappa shape index (κ1) is 15.5. The van der Waals surface area contributed by atoms with E-state index in [4.69, 9.17) is 51.5 Å². The van der Waals surface area contributed by atoms with Gasteiger partial charge in [-0.3, -0.25) is 0 Å². The van der Waals surface area contributed by atoms with Crippen molar-refractivity contribution >= 4 is 52.4 Å². The number of benzene rings is 2. The van der Waals surface area contributed by atoms with Crippen molar-refractivity contribution in [1.82, 2.24) is 0 Å². The van der Waals surface area contributed by atoms with E-state index in [1.807, 2.05) is 6.92 Å². The van der Waals surface area contributed by atoms with Crippen molar-refractivity contribution in [3.8, 4) is 11.1 Å². The maximum Gasteiger partial charge on any atom is 0.335 e. The third-order valence-electron chi connectivity index (χ3n) is 2.87. The van der Waals surface area contributed by atoms with Crippen molar-refractivity contribution in [3.05, 3.63) is 55.5 Å². The Balaban J connectivity index is 2.78. The Morgan fingerprint density at radius 1 is 1.00 bits per heavy atom. The van der Waals surface area contributed by atoms with Crippen molar-refractivity contribution in [1.29, 1.82) is 0 Å². The summed E-state index contributed by atoms with van der Waals surface area (Å²) >= 11 is 24.3. The van der Waals surface area contributed by atoms with E-state index in [-0.39, 0.29) is 20.6 Å². The highest BCUT2D eigenvalue weighted by Crippen LogP contribution is 2.44. The van der Waals surface area contributed by atoms with E-state index >= 15 is 0 Å². The molecule has 2 aromatic carbocycles. The number of aromatic carboxylic acids is 1. The number of hydrogen-bond donors (Lipinski definition) is 1. The van der Waals surface area contributed by atoms with Gasteiger partial charge in [0.05, 0.1) is 25.7 Å². The number of carboxylic acid groups (broad SMARTS) is 1. The lowest BCUT2D eigenvalue weighted by molar-refractivity contribution is 0.0697. The summed E-state index contributed by atoms with van der Waals surface area (Å²) in [6.45, 7) is 1.83. The fraction of sp³-hybridized carbons (Fsp3) is 0.0714. The van der Waals surface area contributed by atoms with Gasteiger partial charge in [-0.1, -0.05) is 52.5 Å². The van der Waals surface area contributed by atoms with Gasteiger partial charge in [-0.15, -0.1) is 0 Å². The maximum absolute atomic E-state index is 11.1. The van der Waals surface area contributed by atoms with Gasteiger partial charge in [0.25, 0.3) is 0 Å². The van der Waals surface area contributed by atoms with Crippen LogP contribution in [-0.4, -0.2) is 11.1 Å². The molecule has 0 heterocycles. The van der Waals surface area contributed by atoms with Crippen molar-refractivity contribution in [2.45, 2.75) is 6.92 Å². The van der Waals surface area contributed by atoms with Crippen molar-refractivity contribution in [2.75, 3.05) is 0 Å². The summed E-state index contributed by atoms with van der Waals surface area (Å²) < 4.78 is 0. The van der Waals surface area contributed by atoms with Crippen LogP contribution in [0.15, 0.2) is 24.3 Å². The molecule has 2 aromatic rings. The SMILES string of the molecule is Cc1ccc(C(=O)O)cc1-c1c(Cl)cc(Cl)c(Cl)c1Cl. The summed E-state index contributed by atoms with van der Waals surface area (Å²) in [6.07, 6.45) is 0. The molecule has 0 amide bonds. The van der Waals surface area contributed by atoms with E-state index in [2.05, 4.69) is 0 Å². The monoisotopic (exact) mass is 348 g/mol. The Kier molecular flexibility index (Phi) is 4.50. The molecule has 104 valence electrons.